The van der Waals surface area contributed by atoms with Gasteiger partial charge in [0.1, 0.15) is 12.2 Å². The molecule has 3 unspecified atom stereocenters. The summed E-state index contributed by atoms with van der Waals surface area (Å²) in [5, 5.41) is 3.36. The molecule has 0 spiro atoms. The first kappa shape index (κ1) is 23.8. The molecule has 0 radical (unpaired) electrons. The molecule has 34 heavy (non-hydrogen) atoms. The van der Waals surface area contributed by atoms with Crippen LogP contribution in [0.4, 0.5) is 0 Å². The lowest BCUT2D eigenvalue weighted by molar-refractivity contribution is -0.250. The van der Waals surface area contributed by atoms with Crippen molar-refractivity contribution in [1.82, 2.24) is 5.32 Å². The van der Waals surface area contributed by atoms with E-state index < -0.39 is 10.8 Å². The molecule has 0 aromatic heterocycles. The number of esters is 2. The van der Waals surface area contributed by atoms with Crippen molar-refractivity contribution in [3.8, 4) is 0 Å². The van der Waals surface area contributed by atoms with Crippen molar-refractivity contribution in [2.24, 2.45) is 39.4 Å². The van der Waals surface area contributed by atoms with Crippen molar-refractivity contribution in [3.05, 3.63) is 23.8 Å². The van der Waals surface area contributed by atoms with Gasteiger partial charge in [0, 0.05) is 42.7 Å². The topological polar surface area (TPSA) is 81.7 Å². The van der Waals surface area contributed by atoms with Crippen LogP contribution >= 0.6 is 0 Å². The lowest BCUT2D eigenvalue weighted by Gasteiger charge is -2.69. The minimum absolute atomic E-state index is 0.0164. The Bertz CT molecular complexity index is 997. The lowest BCUT2D eigenvalue weighted by Crippen LogP contribution is -2.69. The zero-order chi connectivity index (χ0) is 24.7. The number of allylic oxidation sites excluding steroid dienone is 2. The highest BCUT2D eigenvalue weighted by molar-refractivity contribution is 5.95. The van der Waals surface area contributed by atoms with Gasteiger partial charge >= 0.3 is 11.9 Å². The van der Waals surface area contributed by atoms with E-state index in [0.717, 1.165) is 31.5 Å². The summed E-state index contributed by atoms with van der Waals surface area (Å²) in [6.07, 6.45) is 8.33. The summed E-state index contributed by atoms with van der Waals surface area (Å²) < 4.78 is 12.2. The van der Waals surface area contributed by atoms with Gasteiger partial charge in [-0.05, 0) is 54.1 Å². The molecule has 0 amide bonds. The molecule has 6 nitrogen and oxygen atoms in total. The first-order chi connectivity index (χ1) is 15.8. The van der Waals surface area contributed by atoms with E-state index in [0.29, 0.717) is 12.8 Å². The molecule has 186 valence electrons. The van der Waals surface area contributed by atoms with Gasteiger partial charge in [0.25, 0.3) is 0 Å². The maximum Gasteiger partial charge on any atom is 0.306 e. The number of rotatable bonds is 2. The molecule has 0 bridgehead atoms. The van der Waals surface area contributed by atoms with Gasteiger partial charge in [-0.1, -0.05) is 46.8 Å². The summed E-state index contributed by atoms with van der Waals surface area (Å²) in [4.78, 5) is 38.3. The number of carbonyl (C=O) groups excluding carboxylic acids is 3. The van der Waals surface area contributed by atoms with Crippen LogP contribution in [-0.2, 0) is 23.9 Å². The maximum atomic E-state index is 13.0. The highest BCUT2D eigenvalue weighted by Gasteiger charge is 2.71. The largest absolute Gasteiger partial charge is 0.462 e. The van der Waals surface area contributed by atoms with Crippen LogP contribution in [0.2, 0.25) is 0 Å². The number of ketones is 1. The number of ether oxygens (including phenoxy) is 2. The summed E-state index contributed by atoms with van der Waals surface area (Å²) in [5.41, 5.74) is -0.221. The third-order valence-electron chi connectivity index (χ3n) is 10.7. The summed E-state index contributed by atoms with van der Waals surface area (Å²) >= 11 is 0. The molecule has 5 rings (SSSR count). The van der Waals surface area contributed by atoms with Gasteiger partial charge in [0.05, 0.1) is 0 Å². The Kier molecular flexibility index (Phi) is 5.26. The van der Waals surface area contributed by atoms with E-state index in [2.05, 4.69) is 38.2 Å². The van der Waals surface area contributed by atoms with Crippen LogP contribution in [0.25, 0.3) is 0 Å². The Hall–Kier alpha value is -1.95. The molecule has 8 atom stereocenters. The van der Waals surface area contributed by atoms with Crippen LogP contribution < -0.4 is 5.32 Å². The number of nitrogens with one attached hydrogen (secondary N) is 1. The second-order valence-electron chi connectivity index (χ2n) is 12.7. The van der Waals surface area contributed by atoms with Gasteiger partial charge in [-0.15, -0.1) is 0 Å². The minimum atomic E-state index is -0.529. The summed E-state index contributed by atoms with van der Waals surface area (Å²) in [5.74, 6) is -0.0467. The monoisotopic (exact) mass is 469 g/mol. The molecule has 1 N–H and O–H groups in total. The molecule has 5 aliphatic rings. The van der Waals surface area contributed by atoms with E-state index in [1.807, 2.05) is 13.8 Å². The Morgan fingerprint density at radius 1 is 1.12 bits per heavy atom. The van der Waals surface area contributed by atoms with Crippen molar-refractivity contribution >= 4 is 17.7 Å². The molecule has 6 heteroatoms. The Morgan fingerprint density at radius 3 is 2.50 bits per heavy atom. The van der Waals surface area contributed by atoms with Gasteiger partial charge in [-0.3, -0.25) is 14.4 Å². The zero-order valence-electron chi connectivity index (χ0n) is 21.4. The lowest BCUT2D eigenvalue weighted by atomic mass is 9.36. The smallest absolute Gasteiger partial charge is 0.306 e. The van der Waals surface area contributed by atoms with Crippen LogP contribution in [0.15, 0.2) is 23.8 Å². The first-order valence-corrected chi connectivity index (χ1v) is 12.8. The van der Waals surface area contributed by atoms with Crippen molar-refractivity contribution < 1.29 is 23.9 Å². The second kappa shape index (κ2) is 7.52. The molecule has 2 saturated carbocycles. The molecule has 0 aromatic carbocycles. The van der Waals surface area contributed by atoms with E-state index in [4.69, 9.17) is 9.47 Å². The van der Waals surface area contributed by atoms with Gasteiger partial charge < -0.3 is 14.8 Å². The van der Waals surface area contributed by atoms with Crippen molar-refractivity contribution in [2.75, 3.05) is 13.1 Å². The number of carbonyl (C=O) groups is 3. The summed E-state index contributed by atoms with van der Waals surface area (Å²) in [7, 11) is 0. The molecule has 1 saturated heterocycles. The molecular formula is C28H39NO5. The van der Waals surface area contributed by atoms with Crippen molar-refractivity contribution in [2.45, 2.75) is 79.4 Å². The van der Waals surface area contributed by atoms with E-state index in [-0.39, 0.29) is 58.5 Å². The van der Waals surface area contributed by atoms with Gasteiger partial charge in [0.2, 0.25) is 0 Å². The maximum absolute atomic E-state index is 13.0. The molecule has 3 fully saturated rings. The number of hydrogen-bond acceptors (Lipinski definition) is 6. The molecule has 2 aliphatic heterocycles. The SMILES string of the molecule is CC(=O)O[C@@H]1CC2C(C)(C)C(=O)C=C[C@]2(C)C2CC[C@]3(C)C(CC(=O)O[C@H]3C3=CCNC3)[C@@]21C. The third-order valence-corrected chi connectivity index (χ3v) is 10.7. The fraction of sp³-hybridized carbons (Fsp3) is 0.750. The van der Waals surface area contributed by atoms with E-state index in [9.17, 15) is 14.4 Å². The average Bonchev–Trinajstić information content (AvgIpc) is 3.28. The van der Waals surface area contributed by atoms with Crippen LogP contribution in [0.5, 0.6) is 0 Å². The molecule has 0 aromatic rings. The van der Waals surface area contributed by atoms with Gasteiger partial charge in [-0.2, -0.15) is 0 Å². The van der Waals surface area contributed by atoms with Crippen molar-refractivity contribution in [1.29, 1.82) is 0 Å². The van der Waals surface area contributed by atoms with Gasteiger partial charge in [-0.25, -0.2) is 0 Å². The van der Waals surface area contributed by atoms with Crippen LogP contribution in [0, 0.1) is 39.4 Å². The summed E-state index contributed by atoms with van der Waals surface area (Å²) in [6.45, 7) is 13.9. The molecule has 2 heterocycles. The van der Waals surface area contributed by atoms with Crippen LogP contribution in [0.3, 0.4) is 0 Å². The summed E-state index contributed by atoms with van der Waals surface area (Å²) in [6, 6.07) is 0. The quantitative estimate of drug-likeness (QED) is 0.486. The normalized spacial score (nSPS) is 47.1. The highest BCUT2D eigenvalue weighted by Crippen LogP contribution is 2.71. The number of fused-ring (bicyclic) bond motifs is 5. The minimum Gasteiger partial charge on any atom is -0.462 e. The Labute approximate surface area is 202 Å². The van der Waals surface area contributed by atoms with E-state index in [1.165, 1.54) is 6.92 Å². The zero-order valence-corrected chi connectivity index (χ0v) is 21.4. The fourth-order valence-electron chi connectivity index (χ4n) is 9.05. The first-order valence-electron chi connectivity index (χ1n) is 12.8. The van der Waals surface area contributed by atoms with Crippen LogP contribution in [0.1, 0.15) is 67.2 Å². The average molecular weight is 470 g/mol. The van der Waals surface area contributed by atoms with E-state index in [1.54, 1.807) is 6.08 Å². The number of hydrogen-bond donors (Lipinski definition) is 1. The van der Waals surface area contributed by atoms with E-state index >= 15 is 0 Å². The second-order valence-corrected chi connectivity index (χ2v) is 12.7. The Balaban J connectivity index is 1.65. The van der Waals surface area contributed by atoms with Crippen molar-refractivity contribution in [3.63, 3.8) is 0 Å². The fourth-order valence-corrected chi connectivity index (χ4v) is 9.05. The molecule has 3 aliphatic carbocycles. The number of cyclic esters (lactones) is 1. The Morgan fingerprint density at radius 2 is 1.85 bits per heavy atom. The standard InChI is InChI=1S/C28H39NO5/c1-16(30)33-22-13-19-25(2,3)21(31)8-11-26(19,4)18-7-10-27(5)20(28(18,22)6)14-23(32)34-24(27)17-9-12-29-15-17/h8-9,11,18-20,22,24,29H,7,10,12-15H2,1-6H3/t18?,19?,20?,22-,24+,26-,27-,28-/m1/s1. The highest BCUT2D eigenvalue weighted by atomic mass is 16.6. The predicted molar refractivity (Wildman–Crippen MR) is 128 cm³/mol. The third kappa shape index (κ3) is 3.06. The predicted octanol–water partition coefficient (Wildman–Crippen LogP) is 3.99. The molecular weight excluding hydrogens is 430 g/mol. The van der Waals surface area contributed by atoms with Gasteiger partial charge in [0.15, 0.2) is 5.78 Å². The van der Waals surface area contributed by atoms with Crippen LogP contribution in [-0.4, -0.2) is 43.0 Å².